The number of hydrogen-bond acceptors (Lipinski definition) is 6. The Balaban J connectivity index is 1.41. The predicted molar refractivity (Wildman–Crippen MR) is 153 cm³/mol. The van der Waals surface area contributed by atoms with E-state index in [1.165, 1.54) is 22.9 Å². The van der Waals surface area contributed by atoms with E-state index in [9.17, 15) is 14.0 Å². The SMILES string of the molecule is CN(C)Cc1ccc(-c2nn3c(c2C(=O)N[C@H]2N=C(c4ccccc4)c4cccc(F)c4NC2=O)OCCC3)c(F)c1. The van der Waals surface area contributed by atoms with Gasteiger partial charge in [-0.1, -0.05) is 48.5 Å². The van der Waals surface area contributed by atoms with E-state index in [2.05, 4.69) is 20.7 Å². The van der Waals surface area contributed by atoms with Gasteiger partial charge in [-0.25, -0.2) is 18.5 Å². The molecule has 2 amide bonds. The fourth-order valence-corrected chi connectivity index (χ4v) is 5.15. The number of halogens is 2. The van der Waals surface area contributed by atoms with Crippen LogP contribution in [0.3, 0.4) is 0 Å². The molecule has 3 heterocycles. The fraction of sp³-hybridized carbons (Fsp3) is 0.226. The third kappa shape index (κ3) is 5.14. The molecule has 2 aliphatic heterocycles. The molecule has 214 valence electrons. The van der Waals surface area contributed by atoms with Crippen molar-refractivity contribution in [3.63, 3.8) is 0 Å². The van der Waals surface area contributed by atoms with E-state index in [4.69, 9.17) is 4.74 Å². The van der Waals surface area contributed by atoms with Crippen molar-refractivity contribution in [1.82, 2.24) is 20.0 Å². The lowest BCUT2D eigenvalue weighted by molar-refractivity contribution is -0.117. The molecule has 3 aromatic carbocycles. The van der Waals surface area contributed by atoms with Crippen LogP contribution in [0.1, 0.15) is 33.5 Å². The van der Waals surface area contributed by atoms with Gasteiger partial charge in [-0.05, 0) is 37.9 Å². The third-order valence-electron chi connectivity index (χ3n) is 7.01. The lowest BCUT2D eigenvalue weighted by atomic mass is 10.0. The van der Waals surface area contributed by atoms with Crippen molar-refractivity contribution in [2.75, 3.05) is 26.0 Å². The number of aliphatic imine (C=N–C) groups is 1. The van der Waals surface area contributed by atoms with E-state index < -0.39 is 29.6 Å². The second kappa shape index (κ2) is 11.2. The molecule has 2 aliphatic rings. The molecule has 42 heavy (non-hydrogen) atoms. The lowest BCUT2D eigenvalue weighted by Crippen LogP contribution is -2.42. The average molecular weight is 571 g/mol. The minimum absolute atomic E-state index is 0.00818. The van der Waals surface area contributed by atoms with Crippen molar-refractivity contribution >= 4 is 23.2 Å². The Kier molecular flexibility index (Phi) is 7.26. The topological polar surface area (TPSA) is 101 Å². The highest BCUT2D eigenvalue weighted by Gasteiger charge is 2.34. The zero-order chi connectivity index (χ0) is 29.4. The number of benzodiazepines with no additional fused rings is 1. The smallest absolute Gasteiger partial charge is 0.269 e. The number of nitrogens with one attached hydrogen (secondary N) is 2. The minimum Gasteiger partial charge on any atom is -0.477 e. The third-order valence-corrected chi connectivity index (χ3v) is 7.01. The van der Waals surface area contributed by atoms with Gasteiger partial charge >= 0.3 is 0 Å². The first-order chi connectivity index (χ1) is 20.3. The van der Waals surface area contributed by atoms with Crippen molar-refractivity contribution in [1.29, 1.82) is 0 Å². The fourth-order valence-electron chi connectivity index (χ4n) is 5.15. The van der Waals surface area contributed by atoms with Crippen molar-refractivity contribution in [3.8, 4) is 17.1 Å². The van der Waals surface area contributed by atoms with Gasteiger partial charge in [0, 0.05) is 36.2 Å². The van der Waals surface area contributed by atoms with Crippen LogP contribution in [0.15, 0.2) is 71.7 Å². The van der Waals surface area contributed by atoms with Crippen LogP contribution in [0.4, 0.5) is 14.5 Å². The van der Waals surface area contributed by atoms with Crippen molar-refractivity contribution in [2.45, 2.75) is 25.7 Å². The maximum Gasteiger partial charge on any atom is 0.269 e. The molecule has 1 atom stereocenters. The van der Waals surface area contributed by atoms with Gasteiger partial charge in [-0.15, -0.1) is 0 Å². The molecule has 0 spiro atoms. The van der Waals surface area contributed by atoms with Gasteiger partial charge in [-0.3, -0.25) is 9.59 Å². The van der Waals surface area contributed by atoms with Crippen molar-refractivity contribution in [3.05, 3.63) is 101 Å². The zero-order valence-corrected chi connectivity index (χ0v) is 23.0. The van der Waals surface area contributed by atoms with E-state index in [1.807, 2.05) is 25.1 Å². The summed E-state index contributed by atoms with van der Waals surface area (Å²) < 4.78 is 37.6. The Hall–Kier alpha value is -4.90. The van der Waals surface area contributed by atoms with E-state index in [0.717, 1.165) is 5.56 Å². The van der Waals surface area contributed by atoms with E-state index >= 15 is 4.39 Å². The zero-order valence-electron chi connectivity index (χ0n) is 23.0. The summed E-state index contributed by atoms with van der Waals surface area (Å²) in [6.07, 6.45) is -0.766. The monoisotopic (exact) mass is 570 g/mol. The van der Waals surface area contributed by atoms with Gasteiger partial charge in [-0.2, -0.15) is 5.10 Å². The van der Waals surface area contributed by atoms with Crippen LogP contribution in [0.2, 0.25) is 0 Å². The molecular weight excluding hydrogens is 542 g/mol. The first-order valence-corrected chi connectivity index (χ1v) is 13.5. The number of aromatic nitrogens is 2. The number of amides is 2. The summed E-state index contributed by atoms with van der Waals surface area (Å²) in [5, 5.41) is 9.76. The molecule has 6 rings (SSSR count). The predicted octanol–water partition coefficient (Wildman–Crippen LogP) is 4.22. The summed E-state index contributed by atoms with van der Waals surface area (Å²) >= 11 is 0. The second-order valence-electron chi connectivity index (χ2n) is 10.4. The van der Waals surface area contributed by atoms with E-state index in [-0.39, 0.29) is 28.4 Å². The van der Waals surface area contributed by atoms with Crippen LogP contribution in [0.25, 0.3) is 11.3 Å². The number of fused-ring (bicyclic) bond motifs is 2. The molecule has 11 heteroatoms. The number of carbonyl (C=O) groups is 2. The lowest BCUT2D eigenvalue weighted by Gasteiger charge is -2.17. The number of anilines is 1. The van der Waals surface area contributed by atoms with Crippen LogP contribution in [-0.4, -0.2) is 59.1 Å². The molecular formula is C31H28F2N6O3. The Labute approximate surface area is 240 Å². The summed E-state index contributed by atoms with van der Waals surface area (Å²) in [6, 6.07) is 18.2. The largest absolute Gasteiger partial charge is 0.477 e. The first-order valence-electron chi connectivity index (χ1n) is 13.5. The van der Waals surface area contributed by atoms with Crippen molar-refractivity contribution < 1.29 is 23.1 Å². The van der Waals surface area contributed by atoms with Crippen LogP contribution in [-0.2, 0) is 17.9 Å². The number of carbonyl (C=O) groups excluding carboxylic acids is 2. The number of para-hydroxylation sites is 1. The number of rotatable bonds is 6. The normalized spacial score (nSPS) is 16.1. The summed E-state index contributed by atoms with van der Waals surface area (Å²) in [4.78, 5) is 33.7. The van der Waals surface area contributed by atoms with Gasteiger partial charge in [0.15, 0.2) is 0 Å². The standard InChI is InChI=1S/C31H28F2N6O3/c1-38(2)17-18-12-13-20(23(33)16-18)27-24(31-39(37-27)14-7-15-42-31)29(40)36-28-30(41)35-26-21(10-6-11-22(26)32)25(34-28)19-8-4-3-5-9-19/h3-6,8-13,16,28H,7,14-15,17H2,1-2H3,(H,35,41)(H,36,40)/t28-/m1/s1. The molecule has 0 saturated heterocycles. The molecule has 0 aliphatic carbocycles. The van der Waals surface area contributed by atoms with Crippen LogP contribution < -0.4 is 15.4 Å². The number of aryl methyl sites for hydroxylation is 1. The van der Waals surface area contributed by atoms with Crippen molar-refractivity contribution in [2.24, 2.45) is 4.99 Å². The molecule has 9 nitrogen and oxygen atoms in total. The Morgan fingerprint density at radius 2 is 1.88 bits per heavy atom. The number of benzene rings is 3. The summed E-state index contributed by atoms with van der Waals surface area (Å²) in [6.45, 7) is 1.37. The second-order valence-corrected chi connectivity index (χ2v) is 10.4. The number of ether oxygens (including phenoxy) is 1. The summed E-state index contributed by atoms with van der Waals surface area (Å²) in [5.41, 5.74) is 2.27. The highest BCUT2D eigenvalue weighted by molar-refractivity contribution is 6.20. The molecule has 2 N–H and O–H groups in total. The van der Waals surface area contributed by atoms with Gasteiger partial charge in [0.25, 0.3) is 11.8 Å². The molecule has 0 radical (unpaired) electrons. The average Bonchev–Trinajstić information content (AvgIpc) is 3.29. The summed E-state index contributed by atoms with van der Waals surface area (Å²) in [5.74, 6) is -2.45. The quantitative estimate of drug-likeness (QED) is 0.362. The number of nitrogens with zero attached hydrogens (tertiary/aromatic N) is 4. The maximum atomic E-state index is 15.4. The van der Waals surface area contributed by atoms with Crippen LogP contribution >= 0.6 is 0 Å². The van der Waals surface area contributed by atoms with E-state index in [0.29, 0.717) is 43.0 Å². The van der Waals surface area contributed by atoms with Crippen LogP contribution in [0, 0.1) is 11.6 Å². The van der Waals surface area contributed by atoms with Gasteiger partial charge in [0.2, 0.25) is 12.0 Å². The molecule has 4 aromatic rings. The van der Waals surface area contributed by atoms with E-state index in [1.54, 1.807) is 42.5 Å². The molecule has 0 saturated carbocycles. The maximum absolute atomic E-state index is 15.4. The first kappa shape index (κ1) is 27.3. The molecule has 0 fully saturated rings. The molecule has 0 unspecified atom stereocenters. The highest BCUT2D eigenvalue weighted by atomic mass is 19.1. The molecule has 0 bridgehead atoms. The Bertz CT molecular complexity index is 1720. The van der Waals surface area contributed by atoms with Crippen LogP contribution in [0.5, 0.6) is 5.88 Å². The summed E-state index contributed by atoms with van der Waals surface area (Å²) in [7, 11) is 3.77. The van der Waals surface area contributed by atoms with Gasteiger partial charge < -0.3 is 20.3 Å². The van der Waals surface area contributed by atoms with Gasteiger partial charge in [0.1, 0.15) is 22.9 Å². The Morgan fingerprint density at radius 3 is 2.64 bits per heavy atom. The molecule has 1 aromatic heterocycles. The number of hydrogen-bond donors (Lipinski definition) is 2. The Morgan fingerprint density at radius 1 is 1.07 bits per heavy atom. The van der Waals surface area contributed by atoms with Gasteiger partial charge in [0.05, 0.1) is 18.0 Å². The minimum atomic E-state index is -1.43. The highest BCUT2D eigenvalue weighted by Crippen LogP contribution is 2.35.